The largest absolute Gasteiger partial charge is 0.492 e. The molecule has 0 radical (unpaired) electrons. The van der Waals surface area contributed by atoms with Gasteiger partial charge in [0.2, 0.25) is 0 Å². The first-order valence-corrected chi connectivity index (χ1v) is 8.38. The van der Waals surface area contributed by atoms with Crippen molar-refractivity contribution >= 4 is 23.2 Å². The molecule has 8 nitrogen and oxygen atoms in total. The van der Waals surface area contributed by atoms with Gasteiger partial charge in [0, 0.05) is 23.4 Å². The SMILES string of the molecule is O=C(NCCOc1ccc(Cl)cc1)c1ccn(-c2ccc([N+](=O)[O-])cc2)n1. The van der Waals surface area contributed by atoms with E-state index in [0.29, 0.717) is 29.6 Å². The molecule has 1 aromatic heterocycles. The normalized spacial score (nSPS) is 10.4. The summed E-state index contributed by atoms with van der Waals surface area (Å²) >= 11 is 5.80. The van der Waals surface area contributed by atoms with Crippen LogP contribution in [0.5, 0.6) is 5.75 Å². The lowest BCUT2D eigenvalue weighted by Crippen LogP contribution is -2.28. The number of nitrogens with zero attached hydrogens (tertiary/aromatic N) is 3. The van der Waals surface area contributed by atoms with Gasteiger partial charge in [0.15, 0.2) is 5.69 Å². The molecule has 1 N–H and O–H groups in total. The van der Waals surface area contributed by atoms with Crippen molar-refractivity contribution in [2.24, 2.45) is 0 Å². The van der Waals surface area contributed by atoms with Crippen LogP contribution in [0.15, 0.2) is 60.8 Å². The van der Waals surface area contributed by atoms with E-state index in [1.54, 1.807) is 48.7 Å². The number of non-ortho nitro benzene ring substituents is 1. The molecular weight excluding hydrogens is 372 g/mol. The van der Waals surface area contributed by atoms with Gasteiger partial charge >= 0.3 is 0 Å². The molecule has 1 amide bonds. The second-order valence-corrected chi connectivity index (χ2v) is 5.91. The monoisotopic (exact) mass is 386 g/mol. The number of nitro groups is 1. The summed E-state index contributed by atoms with van der Waals surface area (Å²) in [6, 6.07) is 14.4. The molecule has 3 rings (SSSR count). The number of carbonyl (C=O) groups excluding carboxylic acids is 1. The third-order valence-corrected chi connectivity index (χ3v) is 3.87. The van der Waals surface area contributed by atoms with Crippen molar-refractivity contribution in [2.75, 3.05) is 13.2 Å². The number of aromatic nitrogens is 2. The number of hydrogen-bond acceptors (Lipinski definition) is 5. The molecule has 1 heterocycles. The van der Waals surface area contributed by atoms with Gasteiger partial charge < -0.3 is 10.1 Å². The molecule has 3 aromatic rings. The standard InChI is InChI=1S/C18H15ClN4O4/c19-13-1-7-16(8-2-13)27-12-10-20-18(24)17-9-11-22(21-17)14-3-5-15(6-4-14)23(25)26/h1-9,11H,10,12H2,(H,20,24). The van der Waals surface area contributed by atoms with Crippen molar-refractivity contribution in [3.8, 4) is 11.4 Å². The van der Waals surface area contributed by atoms with Crippen LogP contribution in [-0.2, 0) is 0 Å². The number of nitrogens with one attached hydrogen (secondary N) is 1. The minimum absolute atomic E-state index is 0.00967. The van der Waals surface area contributed by atoms with Gasteiger partial charge in [0.25, 0.3) is 11.6 Å². The molecule has 0 saturated heterocycles. The van der Waals surface area contributed by atoms with Crippen LogP contribution in [0.25, 0.3) is 5.69 Å². The fourth-order valence-corrected chi connectivity index (χ4v) is 2.40. The van der Waals surface area contributed by atoms with Crippen molar-refractivity contribution < 1.29 is 14.5 Å². The molecule has 9 heteroatoms. The Kier molecular flexibility index (Phi) is 5.68. The predicted octanol–water partition coefficient (Wildman–Crippen LogP) is 3.24. The summed E-state index contributed by atoms with van der Waals surface area (Å²) in [6.45, 7) is 0.613. The lowest BCUT2D eigenvalue weighted by molar-refractivity contribution is -0.384. The Morgan fingerprint density at radius 1 is 1.15 bits per heavy atom. The molecular formula is C18H15ClN4O4. The van der Waals surface area contributed by atoms with Crippen molar-refractivity contribution in [3.05, 3.63) is 81.6 Å². The van der Waals surface area contributed by atoms with E-state index in [9.17, 15) is 14.9 Å². The van der Waals surface area contributed by atoms with Crippen molar-refractivity contribution in [1.29, 1.82) is 0 Å². The molecule has 0 aliphatic rings. The average Bonchev–Trinajstić information content (AvgIpc) is 3.17. The fraction of sp³-hybridized carbons (Fsp3) is 0.111. The van der Waals surface area contributed by atoms with Gasteiger partial charge in [-0.1, -0.05) is 11.6 Å². The molecule has 27 heavy (non-hydrogen) atoms. The number of carbonyl (C=O) groups is 1. The van der Waals surface area contributed by atoms with E-state index in [1.807, 2.05) is 0 Å². The molecule has 0 aliphatic carbocycles. The third-order valence-electron chi connectivity index (χ3n) is 3.62. The first-order chi connectivity index (χ1) is 13.0. The van der Waals surface area contributed by atoms with Crippen LogP contribution >= 0.6 is 11.6 Å². The van der Waals surface area contributed by atoms with E-state index in [1.165, 1.54) is 16.8 Å². The number of hydrogen-bond donors (Lipinski definition) is 1. The molecule has 0 fully saturated rings. The fourth-order valence-electron chi connectivity index (χ4n) is 2.27. The number of benzene rings is 2. The summed E-state index contributed by atoms with van der Waals surface area (Å²) in [5.74, 6) is 0.325. The summed E-state index contributed by atoms with van der Waals surface area (Å²) in [7, 11) is 0. The maximum absolute atomic E-state index is 12.1. The smallest absolute Gasteiger partial charge is 0.271 e. The predicted molar refractivity (Wildman–Crippen MR) is 99.5 cm³/mol. The lowest BCUT2D eigenvalue weighted by atomic mass is 10.3. The van der Waals surface area contributed by atoms with E-state index < -0.39 is 4.92 Å². The second-order valence-electron chi connectivity index (χ2n) is 5.48. The highest BCUT2D eigenvalue weighted by atomic mass is 35.5. The molecule has 0 unspecified atom stereocenters. The van der Waals surface area contributed by atoms with Crippen LogP contribution in [0.3, 0.4) is 0 Å². The molecule has 0 bridgehead atoms. The van der Waals surface area contributed by atoms with Gasteiger partial charge in [-0.25, -0.2) is 4.68 Å². The minimum Gasteiger partial charge on any atom is -0.492 e. The zero-order valence-electron chi connectivity index (χ0n) is 14.0. The Balaban J connectivity index is 1.52. The van der Waals surface area contributed by atoms with Crippen LogP contribution in [0.2, 0.25) is 5.02 Å². The third kappa shape index (κ3) is 4.83. The molecule has 138 valence electrons. The first kappa shape index (κ1) is 18.4. The summed E-state index contributed by atoms with van der Waals surface area (Å²) < 4.78 is 6.97. The van der Waals surface area contributed by atoms with E-state index in [4.69, 9.17) is 16.3 Å². The quantitative estimate of drug-likeness (QED) is 0.381. The topological polar surface area (TPSA) is 99.3 Å². The number of nitro benzene ring substituents is 1. The van der Waals surface area contributed by atoms with Crippen LogP contribution in [0.1, 0.15) is 10.5 Å². The van der Waals surface area contributed by atoms with Gasteiger partial charge in [-0.05, 0) is 42.5 Å². The highest BCUT2D eigenvalue weighted by Crippen LogP contribution is 2.16. The Bertz CT molecular complexity index is 939. The van der Waals surface area contributed by atoms with Crippen LogP contribution < -0.4 is 10.1 Å². The maximum atomic E-state index is 12.1. The summed E-state index contributed by atoms with van der Waals surface area (Å²) in [6.07, 6.45) is 1.61. The van der Waals surface area contributed by atoms with Crippen LogP contribution in [0, 0.1) is 10.1 Å². The molecule has 0 atom stereocenters. The number of halogens is 1. The zero-order chi connectivity index (χ0) is 19.2. The maximum Gasteiger partial charge on any atom is 0.271 e. The highest BCUT2D eigenvalue weighted by Gasteiger charge is 2.11. The van der Waals surface area contributed by atoms with Crippen molar-refractivity contribution in [3.63, 3.8) is 0 Å². The molecule has 0 saturated carbocycles. The Morgan fingerprint density at radius 3 is 2.52 bits per heavy atom. The van der Waals surface area contributed by atoms with Crippen molar-refractivity contribution in [2.45, 2.75) is 0 Å². The van der Waals surface area contributed by atoms with E-state index in [0.717, 1.165) is 0 Å². The summed E-state index contributed by atoms with van der Waals surface area (Å²) in [4.78, 5) is 22.4. The van der Waals surface area contributed by atoms with E-state index in [-0.39, 0.29) is 17.3 Å². The van der Waals surface area contributed by atoms with Gasteiger partial charge in [-0.2, -0.15) is 5.10 Å². The summed E-state index contributed by atoms with van der Waals surface area (Å²) in [5, 5.41) is 18.2. The lowest BCUT2D eigenvalue weighted by Gasteiger charge is -2.07. The minimum atomic E-state index is -0.474. The zero-order valence-corrected chi connectivity index (χ0v) is 14.8. The highest BCUT2D eigenvalue weighted by molar-refractivity contribution is 6.30. The van der Waals surface area contributed by atoms with Gasteiger partial charge in [-0.15, -0.1) is 0 Å². The second kappa shape index (κ2) is 8.33. The first-order valence-electron chi connectivity index (χ1n) is 8.00. The number of ether oxygens (including phenoxy) is 1. The van der Waals surface area contributed by atoms with E-state index >= 15 is 0 Å². The van der Waals surface area contributed by atoms with Crippen molar-refractivity contribution in [1.82, 2.24) is 15.1 Å². The van der Waals surface area contributed by atoms with Gasteiger partial charge in [-0.3, -0.25) is 14.9 Å². The Labute approximate surface area is 159 Å². The molecule has 0 spiro atoms. The number of rotatable bonds is 7. The van der Waals surface area contributed by atoms with Crippen LogP contribution in [0.4, 0.5) is 5.69 Å². The van der Waals surface area contributed by atoms with Gasteiger partial charge in [0.05, 0.1) is 17.2 Å². The molecule has 2 aromatic carbocycles. The Morgan fingerprint density at radius 2 is 1.85 bits per heavy atom. The Hall–Kier alpha value is -3.39. The van der Waals surface area contributed by atoms with E-state index in [2.05, 4.69) is 10.4 Å². The van der Waals surface area contributed by atoms with Crippen LogP contribution in [-0.4, -0.2) is 33.8 Å². The average molecular weight is 387 g/mol. The summed E-state index contributed by atoms with van der Waals surface area (Å²) in [5.41, 5.74) is 0.843. The number of amides is 1. The molecule has 0 aliphatic heterocycles. The van der Waals surface area contributed by atoms with Gasteiger partial charge in [0.1, 0.15) is 12.4 Å².